The number of nitrogens with zero attached hydrogens (tertiary/aromatic N) is 1. The molecule has 0 aromatic heterocycles. The van der Waals surface area contributed by atoms with Crippen molar-refractivity contribution in [1.29, 1.82) is 0 Å². The monoisotopic (exact) mass is 441 g/mol. The maximum Gasteiger partial charge on any atom is 0.239 e. The van der Waals surface area contributed by atoms with Crippen molar-refractivity contribution in [1.82, 2.24) is 0 Å². The lowest BCUT2D eigenvalue weighted by molar-refractivity contribution is -0.132. The third kappa shape index (κ3) is 2.11. The molecular weight excluding hydrogens is 422 g/mol. The van der Waals surface area contributed by atoms with Gasteiger partial charge in [-0.05, 0) is 53.8 Å². The van der Waals surface area contributed by atoms with Crippen LogP contribution in [0.25, 0.3) is 0 Å². The van der Waals surface area contributed by atoms with E-state index in [1.54, 1.807) is 25.1 Å². The van der Waals surface area contributed by atoms with Crippen LogP contribution in [0, 0.1) is 18.8 Å². The molecule has 1 saturated heterocycles. The molecule has 2 bridgehead atoms. The highest BCUT2D eigenvalue weighted by Crippen LogP contribution is 2.64. The lowest BCUT2D eigenvalue weighted by atomic mass is 9.46. The molecule has 3 aromatic carbocycles. The van der Waals surface area contributed by atoms with Gasteiger partial charge < -0.3 is 0 Å². The molecule has 0 unspecified atom stereocenters. The van der Waals surface area contributed by atoms with Crippen LogP contribution in [0.5, 0.6) is 0 Å². The zero-order valence-electron chi connectivity index (χ0n) is 17.6. The van der Waals surface area contributed by atoms with E-state index >= 15 is 0 Å². The number of rotatable bonds is 2. The summed E-state index contributed by atoms with van der Waals surface area (Å²) in [6.45, 7) is 3.40. The normalized spacial score (nSPS) is 27.2. The van der Waals surface area contributed by atoms with Crippen LogP contribution in [0.1, 0.15) is 40.7 Å². The van der Waals surface area contributed by atoms with E-state index < -0.39 is 17.3 Å². The van der Waals surface area contributed by atoms with Crippen molar-refractivity contribution >= 4 is 34.9 Å². The number of Topliss-reactive ketones (excluding diaryl/α,β-unsaturated/α-hetero) is 1. The summed E-state index contributed by atoms with van der Waals surface area (Å²) in [6.07, 6.45) is 0. The third-order valence-electron chi connectivity index (χ3n) is 7.59. The summed E-state index contributed by atoms with van der Waals surface area (Å²) in [6, 6.07) is 20.8. The van der Waals surface area contributed by atoms with Crippen LogP contribution in [0.2, 0.25) is 5.02 Å². The molecule has 1 fully saturated rings. The first-order valence-corrected chi connectivity index (χ1v) is 11.1. The van der Waals surface area contributed by atoms with Crippen molar-refractivity contribution in [3.63, 3.8) is 0 Å². The summed E-state index contributed by atoms with van der Waals surface area (Å²) in [5, 5.41) is 0.455. The van der Waals surface area contributed by atoms with Gasteiger partial charge in [0.1, 0.15) is 5.78 Å². The average Bonchev–Trinajstić information content (AvgIpc) is 3.06. The third-order valence-corrected chi connectivity index (χ3v) is 7.82. The topological polar surface area (TPSA) is 54.5 Å². The van der Waals surface area contributed by atoms with Gasteiger partial charge in [0.25, 0.3) is 0 Å². The Labute approximate surface area is 190 Å². The molecule has 0 saturated carbocycles. The second-order valence-electron chi connectivity index (χ2n) is 8.96. The molecule has 1 heterocycles. The van der Waals surface area contributed by atoms with Crippen molar-refractivity contribution in [3.8, 4) is 0 Å². The van der Waals surface area contributed by atoms with Gasteiger partial charge >= 0.3 is 0 Å². The maximum atomic E-state index is 14.0. The number of imide groups is 1. The quantitative estimate of drug-likeness (QED) is 0.537. The van der Waals surface area contributed by atoms with Crippen LogP contribution in [0.15, 0.2) is 66.7 Å². The lowest BCUT2D eigenvalue weighted by Crippen LogP contribution is -2.57. The van der Waals surface area contributed by atoms with Crippen LogP contribution >= 0.6 is 11.6 Å². The van der Waals surface area contributed by atoms with E-state index in [9.17, 15) is 14.4 Å². The van der Waals surface area contributed by atoms with Gasteiger partial charge in [0.05, 0.1) is 22.9 Å². The summed E-state index contributed by atoms with van der Waals surface area (Å²) in [4.78, 5) is 42.8. The number of aryl methyl sites for hydroxylation is 1. The highest BCUT2D eigenvalue weighted by molar-refractivity contribution is 6.32. The Hall–Kier alpha value is -3.24. The zero-order chi connectivity index (χ0) is 22.4. The fraction of sp³-hybridized carbons (Fsp3) is 0.222. The number of anilines is 1. The van der Waals surface area contributed by atoms with Crippen LogP contribution < -0.4 is 4.90 Å². The number of hydrogen-bond donors (Lipinski definition) is 0. The Kier molecular flexibility index (Phi) is 3.89. The number of benzene rings is 3. The van der Waals surface area contributed by atoms with Crippen molar-refractivity contribution in [2.45, 2.75) is 25.2 Å². The fourth-order valence-electron chi connectivity index (χ4n) is 6.43. The predicted octanol–water partition coefficient (Wildman–Crippen LogP) is 4.79. The van der Waals surface area contributed by atoms with Gasteiger partial charge in [0.15, 0.2) is 0 Å². The van der Waals surface area contributed by atoms with Crippen molar-refractivity contribution in [2.75, 3.05) is 4.90 Å². The van der Waals surface area contributed by atoms with E-state index in [-0.39, 0.29) is 23.5 Å². The van der Waals surface area contributed by atoms with E-state index in [2.05, 4.69) is 0 Å². The number of hydrogen-bond acceptors (Lipinski definition) is 3. The SMILES string of the molecule is CC(=O)C12c3ccccc3C(c3ccccc31)[C@H]1C(=O)N(c3cc(Cl)ccc3C)C(=O)[C@@H]12. The zero-order valence-corrected chi connectivity index (χ0v) is 18.4. The number of carbonyl (C=O) groups excluding carboxylic acids is 3. The minimum atomic E-state index is -1.18. The van der Waals surface area contributed by atoms with Gasteiger partial charge in [-0.1, -0.05) is 66.2 Å². The molecule has 1 aliphatic heterocycles. The molecule has 0 spiro atoms. The molecule has 4 nitrogen and oxygen atoms in total. The first-order chi connectivity index (χ1) is 15.4. The van der Waals surface area contributed by atoms with E-state index in [0.29, 0.717) is 10.7 Å². The van der Waals surface area contributed by atoms with Gasteiger partial charge in [0.2, 0.25) is 11.8 Å². The lowest BCUT2D eigenvalue weighted by Gasteiger charge is -2.52. The first-order valence-electron chi connectivity index (χ1n) is 10.7. The van der Waals surface area contributed by atoms with E-state index in [1.807, 2.05) is 55.5 Å². The number of carbonyl (C=O) groups is 3. The molecule has 0 N–H and O–H groups in total. The second-order valence-corrected chi connectivity index (χ2v) is 9.40. The number of ketones is 1. The highest BCUT2D eigenvalue weighted by Gasteiger charge is 2.70. The molecule has 7 rings (SSSR count). The number of halogens is 1. The van der Waals surface area contributed by atoms with Gasteiger partial charge in [-0.25, -0.2) is 4.90 Å². The minimum absolute atomic E-state index is 0.114. The smallest absolute Gasteiger partial charge is 0.239 e. The summed E-state index contributed by atoms with van der Waals surface area (Å²) in [7, 11) is 0. The molecule has 5 heteroatoms. The fourth-order valence-corrected chi connectivity index (χ4v) is 6.60. The van der Waals surface area contributed by atoms with E-state index in [0.717, 1.165) is 27.8 Å². The van der Waals surface area contributed by atoms with Gasteiger partial charge in [0, 0.05) is 10.9 Å². The Morgan fingerprint density at radius 3 is 2.09 bits per heavy atom. The largest absolute Gasteiger partial charge is 0.299 e. The molecule has 3 aromatic rings. The Bertz CT molecular complexity index is 1310. The van der Waals surface area contributed by atoms with Gasteiger partial charge in [-0.15, -0.1) is 0 Å². The first kappa shape index (κ1) is 19.4. The summed E-state index contributed by atoms with van der Waals surface area (Å²) < 4.78 is 0. The Morgan fingerprint density at radius 2 is 1.50 bits per heavy atom. The predicted molar refractivity (Wildman–Crippen MR) is 122 cm³/mol. The maximum absolute atomic E-state index is 14.0. The molecule has 4 aliphatic rings. The average molecular weight is 442 g/mol. The highest BCUT2D eigenvalue weighted by atomic mass is 35.5. The van der Waals surface area contributed by atoms with Gasteiger partial charge in [-0.3, -0.25) is 14.4 Å². The summed E-state index contributed by atoms with van der Waals surface area (Å²) in [5.74, 6) is -2.37. The molecule has 0 radical (unpaired) electrons. The Balaban J connectivity index is 1.68. The summed E-state index contributed by atoms with van der Waals surface area (Å²) >= 11 is 6.23. The second kappa shape index (κ2) is 6.39. The Morgan fingerprint density at radius 1 is 0.906 bits per heavy atom. The van der Waals surface area contributed by atoms with E-state index in [1.165, 1.54) is 4.90 Å². The van der Waals surface area contributed by atoms with Crippen LogP contribution in [0.3, 0.4) is 0 Å². The van der Waals surface area contributed by atoms with Crippen molar-refractivity contribution in [2.24, 2.45) is 11.8 Å². The minimum Gasteiger partial charge on any atom is -0.299 e. The van der Waals surface area contributed by atoms with Crippen LogP contribution in [0.4, 0.5) is 5.69 Å². The molecule has 32 heavy (non-hydrogen) atoms. The van der Waals surface area contributed by atoms with Crippen molar-refractivity contribution in [3.05, 3.63) is 99.6 Å². The van der Waals surface area contributed by atoms with Crippen molar-refractivity contribution < 1.29 is 14.4 Å². The standard InChI is InChI=1S/C27H20ClNO3/c1-14-11-12-16(28)13-21(14)29-25(31)23-22-17-7-3-5-9-19(17)27(15(2)30,24(23)26(29)32)20-10-6-4-8-18(20)22/h3-13,22-24H,1-2H3/t22?,23-,24-,27?/m1/s1. The van der Waals surface area contributed by atoms with Crippen LogP contribution in [-0.4, -0.2) is 17.6 Å². The number of amides is 2. The summed E-state index contributed by atoms with van der Waals surface area (Å²) in [5.41, 5.74) is 3.73. The van der Waals surface area contributed by atoms with Gasteiger partial charge in [-0.2, -0.15) is 0 Å². The van der Waals surface area contributed by atoms with E-state index in [4.69, 9.17) is 11.6 Å². The molecule has 158 valence electrons. The molecular formula is C27H20ClNO3. The molecule has 3 aliphatic carbocycles. The van der Waals surface area contributed by atoms with Crippen LogP contribution in [-0.2, 0) is 19.8 Å². The molecule has 2 atom stereocenters. The molecule has 2 amide bonds.